The molecule has 5 heteroatoms. The number of aliphatic hydroxyl groups excluding tert-OH is 1. The Labute approximate surface area is 173 Å². The maximum Gasteiger partial charge on any atom is 0.425 e. The van der Waals surface area contributed by atoms with Crippen LogP contribution >= 0.6 is 0 Å². The summed E-state index contributed by atoms with van der Waals surface area (Å²) in [5.41, 5.74) is 1.72. The summed E-state index contributed by atoms with van der Waals surface area (Å²) in [6.45, 7) is 5.96. The number of hydrogen-bond acceptors (Lipinski definition) is 4. The second kappa shape index (κ2) is 9.90. The van der Waals surface area contributed by atoms with Crippen LogP contribution in [-0.4, -0.2) is 46.5 Å². The van der Waals surface area contributed by atoms with Crippen LogP contribution < -0.4 is 0 Å². The van der Waals surface area contributed by atoms with Crippen molar-refractivity contribution in [3.63, 3.8) is 0 Å². The van der Waals surface area contributed by atoms with Gasteiger partial charge in [-0.15, -0.1) is 0 Å². The van der Waals surface area contributed by atoms with Gasteiger partial charge in [-0.3, -0.25) is 0 Å². The average molecular weight is 397 g/mol. The fourth-order valence-corrected chi connectivity index (χ4v) is 3.65. The lowest BCUT2D eigenvalue weighted by molar-refractivity contribution is -0.0546. The van der Waals surface area contributed by atoms with Gasteiger partial charge in [0.25, 0.3) is 0 Å². The average Bonchev–Trinajstić information content (AvgIpc) is 3.21. The van der Waals surface area contributed by atoms with Gasteiger partial charge in [0.05, 0.1) is 6.54 Å². The van der Waals surface area contributed by atoms with Gasteiger partial charge in [0.15, 0.2) is 0 Å². The van der Waals surface area contributed by atoms with Crippen molar-refractivity contribution in [1.29, 1.82) is 0 Å². The normalized spacial score (nSPS) is 17.3. The summed E-state index contributed by atoms with van der Waals surface area (Å²) in [5.74, 6) is 0.201. The number of benzene rings is 2. The molecule has 0 radical (unpaired) electrons. The lowest BCUT2D eigenvalue weighted by Crippen LogP contribution is -2.47. The number of ether oxygens (including phenoxy) is 1. The van der Waals surface area contributed by atoms with Crippen LogP contribution in [0.3, 0.4) is 0 Å². The minimum Gasteiger partial charge on any atom is -0.442 e. The quantitative estimate of drug-likeness (QED) is 0.724. The predicted octanol–water partition coefficient (Wildman–Crippen LogP) is 4.27. The van der Waals surface area contributed by atoms with E-state index in [4.69, 9.17) is 4.74 Å². The molecule has 1 atom stereocenters. The van der Waals surface area contributed by atoms with Crippen LogP contribution in [-0.2, 0) is 17.7 Å². The molecule has 1 fully saturated rings. The van der Waals surface area contributed by atoms with E-state index in [1.54, 1.807) is 5.01 Å². The fraction of sp³-hybridized carbons (Fsp3) is 0.458. The molecule has 0 saturated carbocycles. The molecule has 156 valence electrons. The van der Waals surface area contributed by atoms with E-state index >= 15 is 0 Å². The summed E-state index contributed by atoms with van der Waals surface area (Å²) >= 11 is 0. The van der Waals surface area contributed by atoms with Gasteiger partial charge in [-0.1, -0.05) is 60.7 Å². The highest BCUT2D eigenvalue weighted by Crippen LogP contribution is 2.24. The van der Waals surface area contributed by atoms with Crippen molar-refractivity contribution >= 4 is 6.09 Å². The van der Waals surface area contributed by atoms with Crippen LogP contribution in [0.4, 0.5) is 4.79 Å². The third-order valence-electron chi connectivity index (χ3n) is 5.47. The van der Waals surface area contributed by atoms with E-state index in [0.717, 1.165) is 31.4 Å². The van der Waals surface area contributed by atoms with Crippen molar-refractivity contribution in [1.82, 2.24) is 10.0 Å². The van der Waals surface area contributed by atoms with Gasteiger partial charge in [-0.25, -0.2) is 14.8 Å². The number of nitrogens with zero attached hydrogens (tertiary/aromatic N) is 2. The highest BCUT2D eigenvalue weighted by molar-refractivity contribution is 5.67. The smallest absolute Gasteiger partial charge is 0.425 e. The minimum atomic E-state index is -0.571. The first kappa shape index (κ1) is 21.3. The monoisotopic (exact) mass is 396 g/mol. The zero-order chi connectivity index (χ0) is 20.7. The standard InChI is InChI=1S/C24H32N2O3/c1-24(2,15-13-20-9-5-3-6-10-20)29-23(28)26(18-21-11-7-4-8-12-21)25-16-14-22(17-25)19-27/h3-12,22,27H,13-19H2,1-2H3. The summed E-state index contributed by atoms with van der Waals surface area (Å²) < 4.78 is 5.96. The number of amides is 1. The summed E-state index contributed by atoms with van der Waals surface area (Å²) in [6.07, 6.45) is 2.16. The van der Waals surface area contributed by atoms with Crippen LogP contribution in [0.25, 0.3) is 0 Å². The Hall–Kier alpha value is -2.37. The Bertz CT molecular complexity index is 764. The van der Waals surface area contributed by atoms with Gasteiger partial charge in [-0.2, -0.15) is 0 Å². The molecular formula is C24H32N2O3. The van der Waals surface area contributed by atoms with Crippen molar-refractivity contribution in [2.75, 3.05) is 19.7 Å². The second-order valence-corrected chi connectivity index (χ2v) is 8.41. The van der Waals surface area contributed by atoms with Gasteiger partial charge in [0.2, 0.25) is 0 Å². The molecule has 0 spiro atoms. The molecule has 3 rings (SSSR count). The number of hydrogen-bond donors (Lipinski definition) is 1. The first-order valence-corrected chi connectivity index (χ1v) is 10.4. The van der Waals surface area contributed by atoms with E-state index in [2.05, 4.69) is 12.1 Å². The number of carbonyl (C=O) groups is 1. The van der Waals surface area contributed by atoms with E-state index < -0.39 is 5.60 Å². The van der Waals surface area contributed by atoms with Gasteiger partial charge < -0.3 is 9.84 Å². The first-order chi connectivity index (χ1) is 14.0. The Balaban J connectivity index is 1.66. The molecule has 1 aliphatic heterocycles. The van der Waals surface area contributed by atoms with E-state index in [0.29, 0.717) is 13.1 Å². The van der Waals surface area contributed by atoms with Crippen molar-refractivity contribution in [3.05, 3.63) is 71.8 Å². The SMILES string of the molecule is CC(C)(CCc1ccccc1)OC(=O)N(Cc1ccccc1)N1CCC(CO)C1. The number of rotatable bonds is 8. The highest BCUT2D eigenvalue weighted by atomic mass is 16.6. The van der Waals surface area contributed by atoms with Crippen molar-refractivity contribution < 1.29 is 14.6 Å². The van der Waals surface area contributed by atoms with Crippen LogP contribution in [0.1, 0.15) is 37.8 Å². The number of carbonyl (C=O) groups excluding carboxylic acids is 1. The highest BCUT2D eigenvalue weighted by Gasteiger charge is 2.33. The maximum absolute atomic E-state index is 13.2. The molecule has 2 aromatic rings. The topological polar surface area (TPSA) is 53.0 Å². The molecule has 1 amide bonds. The third-order valence-corrected chi connectivity index (χ3v) is 5.47. The van der Waals surface area contributed by atoms with Gasteiger partial charge >= 0.3 is 6.09 Å². The molecule has 29 heavy (non-hydrogen) atoms. The number of hydrazine groups is 1. The van der Waals surface area contributed by atoms with Gasteiger partial charge in [0, 0.05) is 19.7 Å². The number of aryl methyl sites for hydroxylation is 1. The third kappa shape index (κ3) is 6.31. The lowest BCUT2D eigenvalue weighted by Gasteiger charge is -2.35. The lowest BCUT2D eigenvalue weighted by atomic mass is 9.99. The number of aliphatic hydroxyl groups is 1. The molecule has 1 aliphatic rings. The Morgan fingerprint density at radius 3 is 2.31 bits per heavy atom. The van der Waals surface area contributed by atoms with E-state index in [9.17, 15) is 9.90 Å². The first-order valence-electron chi connectivity index (χ1n) is 10.4. The Morgan fingerprint density at radius 2 is 1.72 bits per heavy atom. The molecule has 1 N–H and O–H groups in total. The van der Waals surface area contributed by atoms with E-state index in [1.165, 1.54) is 5.56 Å². The van der Waals surface area contributed by atoms with Crippen LogP contribution in [0.5, 0.6) is 0 Å². The van der Waals surface area contributed by atoms with Crippen molar-refractivity contribution in [3.8, 4) is 0 Å². The zero-order valence-corrected chi connectivity index (χ0v) is 17.5. The minimum absolute atomic E-state index is 0.146. The molecule has 0 aliphatic carbocycles. The largest absolute Gasteiger partial charge is 0.442 e. The molecule has 5 nitrogen and oxygen atoms in total. The molecular weight excluding hydrogens is 364 g/mol. The summed E-state index contributed by atoms with van der Waals surface area (Å²) in [5, 5.41) is 13.2. The second-order valence-electron chi connectivity index (χ2n) is 8.41. The van der Waals surface area contributed by atoms with Crippen LogP contribution in [0.15, 0.2) is 60.7 Å². The Kier molecular flexibility index (Phi) is 7.29. The Morgan fingerprint density at radius 1 is 1.10 bits per heavy atom. The molecule has 0 aromatic heterocycles. The summed E-state index contributed by atoms with van der Waals surface area (Å²) in [7, 11) is 0. The molecule has 1 heterocycles. The fourth-order valence-electron chi connectivity index (χ4n) is 3.65. The zero-order valence-electron chi connectivity index (χ0n) is 17.5. The molecule has 0 bridgehead atoms. The van der Waals surface area contributed by atoms with E-state index in [1.807, 2.05) is 67.4 Å². The predicted molar refractivity (Wildman–Crippen MR) is 114 cm³/mol. The molecule has 1 saturated heterocycles. The van der Waals surface area contributed by atoms with E-state index in [-0.39, 0.29) is 18.6 Å². The van der Waals surface area contributed by atoms with Crippen LogP contribution in [0, 0.1) is 5.92 Å². The summed E-state index contributed by atoms with van der Waals surface area (Å²) in [6, 6.07) is 20.2. The summed E-state index contributed by atoms with van der Waals surface area (Å²) in [4.78, 5) is 13.2. The van der Waals surface area contributed by atoms with Gasteiger partial charge in [-0.05, 0) is 50.2 Å². The van der Waals surface area contributed by atoms with Crippen LogP contribution in [0.2, 0.25) is 0 Å². The molecule has 1 unspecified atom stereocenters. The van der Waals surface area contributed by atoms with Gasteiger partial charge in [0.1, 0.15) is 5.60 Å². The molecule has 2 aromatic carbocycles. The van der Waals surface area contributed by atoms with Crippen molar-refractivity contribution in [2.24, 2.45) is 5.92 Å². The van der Waals surface area contributed by atoms with Crippen molar-refractivity contribution in [2.45, 2.75) is 45.3 Å². The maximum atomic E-state index is 13.2.